The van der Waals surface area contributed by atoms with Crippen LogP contribution in [0.1, 0.15) is 110 Å². The van der Waals surface area contributed by atoms with Crippen molar-refractivity contribution in [2.24, 2.45) is 0 Å². The first-order chi connectivity index (χ1) is 13.5. The van der Waals surface area contributed by atoms with Gasteiger partial charge in [-0.15, -0.1) is 0 Å². The third-order valence-electron chi connectivity index (χ3n) is 5.55. The minimum atomic E-state index is 0. The van der Waals surface area contributed by atoms with Gasteiger partial charge in [0.05, 0.1) is 20.6 Å². The van der Waals surface area contributed by atoms with Crippen LogP contribution < -0.4 is 17.7 Å². The van der Waals surface area contributed by atoms with Gasteiger partial charge in [-0.3, -0.25) is 4.79 Å². The summed E-state index contributed by atoms with van der Waals surface area (Å²) in [5.74, 6) is 0.160. The van der Waals surface area contributed by atoms with Crippen molar-refractivity contribution in [3.05, 3.63) is 12.7 Å². The average Bonchev–Trinajstić information content (AvgIpc) is 2.63. The molecule has 0 aliphatic carbocycles. The second-order valence-corrected chi connectivity index (χ2v) is 9.22. The maximum Gasteiger partial charge on any atom is 0.275 e. The van der Waals surface area contributed by atoms with Gasteiger partial charge in [0.1, 0.15) is 0 Å². The zero-order valence-electron chi connectivity index (χ0n) is 20.0. The number of carbonyl (C=O) groups is 1. The predicted molar refractivity (Wildman–Crippen MR) is 125 cm³/mol. The highest BCUT2D eigenvalue weighted by atomic mass is 35.5. The number of unbranched alkanes of at least 4 members (excludes halogenated alkanes) is 15. The molecule has 3 nitrogen and oxygen atoms in total. The fourth-order valence-corrected chi connectivity index (χ4v) is 3.76. The summed E-state index contributed by atoms with van der Waals surface area (Å²) >= 11 is 0. The van der Waals surface area contributed by atoms with Crippen LogP contribution in [-0.2, 0) is 4.79 Å². The Kier molecular flexibility index (Phi) is 23.4. The van der Waals surface area contributed by atoms with Gasteiger partial charge < -0.3 is 22.2 Å². The number of quaternary nitrogens is 1. The van der Waals surface area contributed by atoms with Crippen LogP contribution >= 0.6 is 0 Å². The van der Waals surface area contributed by atoms with Crippen molar-refractivity contribution in [2.45, 2.75) is 110 Å². The molecule has 0 saturated heterocycles. The Morgan fingerprint density at radius 3 is 1.52 bits per heavy atom. The van der Waals surface area contributed by atoms with Crippen molar-refractivity contribution >= 4 is 5.91 Å². The first kappa shape index (κ1) is 30.7. The minimum Gasteiger partial charge on any atom is -1.00 e. The van der Waals surface area contributed by atoms with Crippen molar-refractivity contribution in [1.82, 2.24) is 5.32 Å². The summed E-state index contributed by atoms with van der Waals surface area (Å²) in [4.78, 5) is 11.9. The lowest BCUT2D eigenvalue weighted by Gasteiger charge is -2.27. The number of hydrogen-bond donors (Lipinski definition) is 1. The standard InChI is InChI=1S/C25H50N2O.ClH/c1-5-7-8-9-10-11-12-13-14-15-16-17-18-19-20-21-22-26-25(28)24-27(3,4)23-6-2;/h6H,2,5,7-24H2,1,3-4H3;1H. The molecule has 0 aliphatic rings. The van der Waals surface area contributed by atoms with E-state index in [0.717, 1.165) is 19.5 Å². The van der Waals surface area contributed by atoms with Gasteiger partial charge in [-0.25, -0.2) is 0 Å². The molecule has 4 heteroatoms. The van der Waals surface area contributed by atoms with E-state index in [1.165, 1.54) is 96.3 Å². The van der Waals surface area contributed by atoms with Gasteiger partial charge in [-0.2, -0.15) is 0 Å². The number of likely N-dealkylation sites (N-methyl/N-ethyl adjacent to an activating group) is 1. The van der Waals surface area contributed by atoms with E-state index < -0.39 is 0 Å². The molecule has 0 heterocycles. The van der Waals surface area contributed by atoms with E-state index in [1.54, 1.807) is 0 Å². The molecule has 0 aliphatic heterocycles. The van der Waals surface area contributed by atoms with Gasteiger partial charge >= 0.3 is 0 Å². The minimum absolute atomic E-state index is 0. The number of carbonyl (C=O) groups excluding carboxylic acids is 1. The maximum absolute atomic E-state index is 11.9. The van der Waals surface area contributed by atoms with Gasteiger partial charge in [0.25, 0.3) is 5.91 Å². The largest absolute Gasteiger partial charge is 1.00 e. The lowest BCUT2D eigenvalue weighted by Crippen LogP contribution is -3.00. The molecule has 1 N–H and O–H groups in total. The van der Waals surface area contributed by atoms with E-state index in [9.17, 15) is 4.79 Å². The Morgan fingerprint density at radius 2 is 1.14 bits per heavy atom. The average molecular weight is 431 g/mol. The van der Waals surface area contributed by atoms with Crippen LogP contribution in [0.4, 0.5) is 0 Å². The summed E-state index contributed by atoms with van der Waals surface area (Å²) in [6, 6.07) is 0. The number of halogens is 1. The second kappa shape index (κ2) is 22.2. The number of amides is 1. The van der Waals surface area contributed by atoms with Gasteiger partial charge in [0.2, 0.25) is 0 Å². The number of nitrogens with one attached hydrogen (secondary N) is 1. The Labute approximate surface area is 189 Å². The normalized spacial score (nSPS) is 11.1. The molecule has 0 aromatic heterocycles. The van der Waals surface area contributed by atoms with E-state index in [0.29, 0.717) is 11.0 Å². The third kappa shape index (κ3) is 23.6. The van der Waals surface area contributed by atoms with Gasteiger partial charge in [-0.1, -0.05) is 110 Å². The highest BCUT2D eigenvalue weighted by Gasteiger charge is 2.17. The molecular formula is C25H51ClN2O. The molecule has 0 unspecified atom stereocenters. The summed E-state index contributed by atoms with van der Waals surface area (Å²) in [6.07, 6.45) is 24.0. The van der Waals surface area contributed by atoms with Crippen LogP contribution in [0.25, 0.3) is 0 Å². The summed E-state index contributed by atoms with van der Waals surface area (Å²) < 4.78 is 0.675. The van der Waals surface area contributed by atoms with E-state index in [2.05, 4.69) is 32.9 Å². The molecule has 0 rings (SSSR count). The third-order valence-corrected chi connectivity index (χ3v) is 5.55. The lowest BCUT2D eigenvalue weighted by molar-refractivity contribution is -0.876. The van der Waals surface area contributed by atoms with E-state index in [1.807, 2.05) is 6.08 Å². The fourth-order valence-electron chi connectivity index (χ4n) is 3.76. The van der Waals surface area contributed by atoms with Crippen molar-refractivity contribution in [2.75, 3.05) is 33.7 Å². The molecule has 0 fully saturated rings. The summed E-state index contributed by atoms with van der Waals surface area (Å²) in [5.41, 5.74) is 0. The lowest BCUT2D eigenvalue weighted by atomic mass is 10.0. The molecule has 1 amide bonds. The zero-order valence-corrected chi connectivity index (χ0v) is 20.7. The monoisotopic (exact) mass is 430 g/mol. The van der Waals surface area contributed by atoms with Crippen molar-refractivity contribution in [3.8, 4) is 0 Å². The molecule has 0 spiro atoms. The fraction of sp³-hybridized carbons (Fsp3) is 0.880. The quantitative estimate of drug-likeness (QED) is 0.168. The number of rotatable bonds is 21. The Hall–Kier alpha value is -0.540. The predicted octanol–water partition coefficient (Wildman–Crippen LogP) is 3.63. The first-order valence-electron chi connectivity index (χ1n) is 12.2. The van der Waals surface area contributed by atoms with E-state index >= 15 is 0 Å². The van der Waals surface area contributed by atoms with E-state index in [-0.39, 0.29) is 18.3 Å². The number of nitrogens with zero attached hydrogens (tertiary/aromatic N) is 1. The topological polar surface area (TPSA) is 29.1 Å². The summed E-state index contributed by atoms with van der Waals surface area (Å²) in [5, 5.41) is 3.06. The van der Waals surface area contributed by atoms with Crippen LogP contribution in [-0.4, -0.2) is 44.1 Å². The summed E-state index contributed by atoms with van der Waals surface area (Å²) in [7, 11) is 4.13. The molecule has 0 aromatic carbocycles. The maximum atomic E-state index is 11.9. The molecule has 174 valence electrons. The number of hydrogen-bond acceptors (Lipinski definition) is 1. The highest BCUT2D eigenvalue weighted by molar-refractivity contribution is 5.77. The molecule has 0 saturated carbocycles. The Balaban J connectivity index is 0. The summed E-state index contributed by atoms with van der Waals surface area (Å²) in [6.45, 7) is 8.22. The first-order valence-corrected chi connectivity index (χ1v) is 12.2. The van der Waals surface area contributed by atoms with Crippen LogP contribution in [0.2, 0.25) is 0 Å². The van der Waals surface area contributed by atoms with Crippen molar-refractivity contribution in [3.63, 3.8) is 0 Å². The van der Waals surface area contributed by atoms with Crippen molar-refractivity contribution in [1.29, 1.82) is 0 Å². The molecule has 29 heavy (non-hydrogen) atoms. The molecule has 0 bridgehead atoms. The Morgan fingerprint density at radius 1 is 0.759 bits per heavy atom. The molecule has 0 atom stereocenters. The Bertz CT molecular complexity index is 372. The smallest absolute Gasteiger partial charge is 0.275 e. The molecule has 0 radical (unpaired) electrons. The van der Waals surface area contributed by atoms with Gasteiger partial charge in [-0.05, 0) is 12.5 Å². The van der Waals surface area contributed by atoms with Crippen LogP contribution in [0.15, 0.2) is 12.7 Å². The van der Waals surface area contributed by atoms with Crippen molar-refractivity contribution < 1.29 is 21.7 Å². The van der Waals surface area contributed by atoms with Gasteiger partial charge in [0, 0.05) is 6.54 Å². The SMILES string of the molecule is C=CC[N+](C)(C)CC(=O)NCCCCCCCCCCCCCCCCCC.[Cl-]. The molecule has 0 aromatic rings. The molecular weight excluding hydrogens is 380 g/mol. The zero-order chi connectivity index (χ0) is 20.9. The second-order valence-electron chi connectivity index (χ2n) is 9.22. The van der Waals surface area contributed by atoms with Crippen LogP contribution in [0.5, 0.6) is 0 Å². The highest BCUT2D eigenvalue weighted by Crippen LogP contribution is 2.13. The van der Waals surface area contributed by atoms with Gasteiger partial charge in [0.15, 0.2) is 6.54 Å². The van der Waals surface area contributed by atoms with Crippen LogP contribution in [0.3, 0.4) is 0 Å². The van der Waals surface area contributed by atoms with E-state index in [4.69, 9.17) is 0 Å². The van der Waals surface area contributed by atoms with Crippen LogP contribution in [0, 0.1) is 0 Å².